The van der Waals surface area contributed by atoms with Crippen LogP contribution in [0.3, 0.4) is 0 Å². The summed E-state index contributed by atoms with van der Waals surface area (Å²) in [6.45, 7) is 7.48. The second-order valence-electron chi connectivity index (χ2n) is 5.85. The molecule has 0 aliphatic rings. The van der Waals surface area contributed by atoms with Gasteiger partial charge in [0.2, 0.25) is 5.91 Å². The van der Waals surface area contributed by atoms with Crippen molar-refractivity contribution in [2.24, 2.45) is 0 Å². The average molecular weight is 338 g/mol. The normalized spacial score (nSPS) is 11.0. The van der Waals surface area contributed by atoms with E-state index in [1.165, 1.54) is 17.2 Å². The van der Waals surface area contributed by atoms with E-state index in [-0.39, 0.29) is 23.9 Å². The molecule has 0 bridgehead atoms. The van der Waals surface area contributed by atoms with E-state index in [0.717, 1.165) is 5.56 Å². The van der Waals surface area contributed by atoms with Gasteiger partial charge in [0.15, 0.2) is 0 Å². The molecule has 0 aliphatic heterocycles. The Morgan fingerprint density at radius 1 is 1.44 bits per heavy atom. The monoisotopic (exact) mass is 338 g/mol. The van der Waals surface area contributed by atoms with Crippen LogP contribution in [-0.2, 0) is 11.3 Å². The number of nitrogens with zero attached hydrogens (tertiary/aromatic N) is 5. The minimum absolute atomic E-state index is 0.0735. The van der Waals surface area contributed by atoms with Gasteiger partial charge in [-0.15, -0.1) is 0 Å². The molecule has 8 heteroatoms. The lowest BCUT2D eigenvalue weighted by Crippen LogP contribution is -2.32. The van der Waals surface area contributed by atoms with E-state index in [2.05, 4.69) is 27.0 Å². The van der Waals surface area contributed by atoms with Crippen molar-refractivity contribution in [2.75, 3.05) is 5.32 Å². The van der Waals surface area contributed by atoms with Crippen LogP contribution in [0.4, 0.5) is 5.82 Å². The first-order valence-electron chi connectivity index (χ1n) is 7.81. The number of rotatable bonds is 5. The molecular weight excluding hydrogens is 320 g/mol. The molecule has 0 radical (unpaired) electrons. The van der Waals surface area contributed by atoms with Gasteiger partial charge in [-0.2, -0.15) is 5.10 Å². The van der Waals surface area contributed by atoms with Crippen LogP contribution >= 0.6 is 0 Å². The molecule has 25 heavy (non-hydrogen) atoms. The number of nitrogens with one attached hydrogen (secondary N) is 1. The number of hydrogen-bond acceptors (Lipinski definition) is 5. The molecule has 3 aromatic rings. The van der Waals surface area contributed by atoms with Crippen molar-refractivity contribution >= 4 is 23.3 Å². The first-order valence-corrected chi connectivity index (χ1v) is 7.81. The highest BCUT2D eigenvalue weighted by atomic mass is 16.2. The molecule has 3 rings (SSSR count). The summed E-state index contributed by atoms with van der Waals surface area (Å²) in [4.78, 5) is 32.6. The van der Waals surface area contributed by atoms with Gasteiger partial charge in [-0.25, -0.2) is 14.6 Å². The number of amides is 1. The minimum atomic E-state index is -0.386. The topological polar surface area (TPSA) is 94.2 Å². The Morgan fingerprint density at radius 2 is 2.24 bits per heavy atom. The summed E-state index contributed by atoms with van der Waals surface area (Å²) in [5, 5.41) is 6.99. The summed E-state index contributed by atoms with van der Waals surface area (Å²) >= 11 is 0. The van der Waals surface area contributed by atoms with Gasteiger partial charge >= 0.3 is 0 Å². The van der Waals surface area contributed by atoms with Crippen LogP contribution in [0.5, 0.6) is 0 Å². The van der Waals surface area contributed by atoms with Crippen molar-refractivity contribution in [3.63, 3.8) is 0 Å². The van der Waals surface area contributed by atoms with E-state index in [1.54, 1.807) is 22.6 Å². The number of carbonyl (C=O) groups is 1. The Labute approximate surface area is 143 Å². The van der Waals surface area contributed by atoms with Gasteiger partial charge in [0.05, 0.1) is 0 Å². The maximum absolute atomic E-state index is 12.7. The molecule has 3 heterocycles. The van der Waals surface area contributed by atoms with Crippen molar-refractivity contribution < 1.29 is 4.79 Å². The number of anilines is 1. The molecule has 0 aliphatic carbocycles. The van der Waals surface area contributed by atoms with E-state index in [4.69, 9.17) is 0 Å². The van der Waals surface area contributed by atoms with Crippen molar-refractivity contribution in [3.05, 3.63) is 59.2 Å². The predicted molar refractivity (Wildman–Crippen MR) is 94.3 cm³/mol. The van der Waals surface area contributed by atoms with Crippen LogP contribution in [0, 0.1) is 0 Å². The molecule has 0 spiro atoms. The number of carbonyl (C=O) groups excluding carboxylic acids is 1. The lowest BCUT2D eigenvalue weighted by atomic mass is 10.2. The minimum Gasteiger partial charge on any atom is -0.309 e. The third-order valence-corrected chi connectivity index (χ3v) is 3.66. The van der Waals surface area contributed by atoms with E-state index >= 15 is 0 Å². The van der Waals surface area contributed by atoms with Gasteiger partial charge < -0.3 is 5.32 Å². The Hall–Kier alpha value is -3.29. The van der Waals surface area contributed by atoms with Crippen LogP contribution in [0.2, 0.25) is 0 Å². The molecule has 1 N–H and O–H groups in total. The largest absolute Gasteiger partial charge is 0.309 e. The first kappa shape index (κ1) is 16.6. The van der Waals surface area contributed by atoms with Gasteiger partial charge in [0.25, 0.3) is 5.56 Å². The maximum Gasteiger partial charge on any atom is 0.291 e. The van der Waals surface area contributed by atoms with Crippen molar-refractivity contribution in [3.8, 4) is 0 Å². The lowest BCUT2D eigenvalue weighted by molar-refractivity contribution is -0.117. The highest BCUT2D eigenvalue weighted by molar-refractivity contribution is 5.89. The average Bonchev–Trinajstić information content (AvgIpc) is 3.02. The Morgan fingerprint density at radius 3 is 2.88 bits per heavy atom. The smallest absolute Gasteiger partial charge is 0.291 e. The fraction of sp³-hybridized carbons (Fsp3) is 0.235. The van der Waals surface area contributed by atoms with Crippen LogP contribution in [0.1, 0.15) is 31.2 Å². The summed E-state index contributed by atoms with van der Waals surface area (Å²) in [5.74, 6) is 0.750. The van der Waals surface area contributed by atoms with Gasteiger partial charge in [-0.3, -0.25) is 14.0 Å². The predicted octanol–water partition coefficient (Wildman–Crippen LogP) is 1.69. The number of hydrogen-bond donors (Lipinski definition) is 1. The summed E-state index contributed by atoms with van der Waals surface area (Å²) in [5.41, 5.74) is 0.947. The lowest BCUT2D eigenvalue weighted by Gasteiger charge is -2.12. The van der Waals surface area contributed by atoms with Crippen molar-refractivity contribution in [1.82, 2.24) is 24.1 Å². The Kier molecular flexibility index (Phi) is 4.42. The van der Waals surface area contributed by atoms with Crippen LogP contribution in [0.25, 0.3) is 11.6 Å². The van der Waals surface area contributed by atoms with Crippen molar-refractivity contribution in [1.29, 1.82) is 0 Å². The van der Waals surface area contributed by atoms with Gasteiger partial charge in [0.1, 0.15) is 30.0 Å². The quantitative estimate of drug-likeness (QED) is 0.764. The number of fused-ring (bicyclic) bond motifs is 1. The molecule has 0 saturated heterocycles. The third-order valence-electron chi connectivity index (χ3n) is 3.66. The van der Waals surface area contributed by atoms with Gasteiger partial charge in [0, 0.05) is 18.3 Å². The van der Waals surface area contributed by atoms with Gasteiger partial charge in [-0.1, -0.05) is 26.5 Å². The molecule has 3 aromatic heterocycles. The highest BCUT2D eigenvalue weighted by Gasteiger charge is 2.16. The molecular formula is C17H18N6O2. The Balaban J connectivity index is 1.98. The van der Waals surface area contributed by atoms with Crippen LogP contribution < -0.4 is 10.9 Å². The molecule has 1 amide bonds. The molecule has 0 fully saturated rings. The van der Waals surface area contributed by atoms with E-state index < -0.39 is 0 Å². The summed E-state index contributed by atoms with van der Waals surface area (Å²) < 4.78 is 2.93. The van der Waals surface area contributed by atoms with Crippen molar-refractivity contribution in [2.45, 2.75) is 26.3 Å². The zero-order chi connectivity index (χ0) is 18.0. The molecule has 0 atom stereocenters. The summed E-state index contributed by atoms with van der Waals surface area (Å²) in [6, 6.07) is 3.31. The van der Waals surface area contributed by atoms with E-state index in [0.29, 0.717) is 17.2 Å². The second kappa shape index (κ2) is 6.68. The first-order chi connectivity index (χ1) is 12.0. The third kappa shape index (κ3) is 3.32. The van der Waals surface area contributed by atoms with Crippen LogP contribution in [-0.4, -0.2) is 30.1 Å². The summed E-state index contributed by atoms with van der Waals surface area (Å²) in [6.07, 6.45) is 6.34. The van der Waals surface area contributed by atoms with Crippen LogP contribution in [0.15, 0.2) is 42.2 Å². The standard InChI is InChI=1S/C17H18N6O2/c1-4-12-7-13-17(25)23(21-16(11(2)3)22(13)8-12)9-15(24)20-14-5-6-18-10-19-14/h4-8,10-11H,1,9H2,2-3H3,(H,18,19,20,24). The number of aromatic nitrogens is 5. The molecule has 0 unspecified atom stereocenters. The molecule has 0 saturated carbocycles. The Bertz CT molecular complexity index is 988. The fourth-order valence-electron chi connectivity index (χ4n) is 2.48. The SMILES string of the molecule is C=Cc1cc2c(=O)n(CC(=O)Nc3ccncn3)nc(C(C)C)n2c1. The second-order valence-corrected chi connectivity index (χ2v) is 5.85. The molecule has 128 valence electrons. The zero-order valence-corrected chi connectivity index (χ0v) is 14.0. The van der Waals surface area contributed by atoms with Gasteiger partial charge in [-0.05, 0) is 17.7 Å². The van der Waals surface area contributed by atoms with E-state index in [9.17, 15) is 9.59 Å². The highest BCUT2D eigenvalue weighted by Crippen LogP contribution is 2.15. The van der Waals surface area contributed by atoms with E-state index in [1.807, 2.05) is 20.0 Å². The molecule has 8 nitrogen and oxygen atoms in total. The molecule has 0 aromatic carbocycles. The summed E-state index contributed by atoms with van der Waals surface area (Å²) in [7, 11) is 0. The fourth-order valence-corrected chi connectivity index (χ4v) is 2.48. The maximum atomic E-state index is 12.7. The zero-order valence-electron chi connectivity index (χ0n) is 14.0.